The van der Waals surface area contributed by atoms with Crippen LogP contribution in [-0.4, -0.2) is 106 Å². The minimum absolute atomic E-state index is 0.0496. The van der Waals surface area contributed by atoms with E-state index in [0.29, 0.717) is 32.1 Å². The lowest BCUT2D eigenvalue weighted by Gasteiger charge is -2.36. The molecule has 14 nitrogen and oxygen atoms in total. The van der Waals surface area contributed by atoms with Gasteiger partial charge in [-0.2, -0.15) is 0 Å². The maximum Gasteiger partial charge on any atom is 0.472 e. The van der Waals surface area contributed by atoms with Crippen LogP contribution in [0, 0.1) is 11.8 Å². The van der Waals surface area contributed by atoms with Gasteiger partial charge in [0.2, 0.25) is 0 Å². The molecule has 1 aliphatic rings. The van der Waals surface area contributed by atoms with Crippen LogP contribution in [0.3, 0.4) is 0 Å². The Kier molecular flexibility index (Phi) is 36.1. The molecular formula is C48H89O14P. The number of rotatable bonds is 41. The van der Waals surface area contributed by atoms with Crippen molar-refractivity contribution in [3.05, 3.63) is 24.3 Å². The standard InChI is InChI=1S/C48H89O14P/c1-4-5-22-28-40(50)32-33-45-43(44(52)34-48(55)62-45)29-24-20-21-25-30-46(53)58-37-42(38-60-63(56,57)59-36-41(51)35-49)61-47(54)31-26-19-17-15-13-11-9-7-6-8-10-12-14-16-18-23-27-39(2)3/h20,24,32-33,39-45,48-52,55H,4-19,21-23,25-31,34-38H2,1-3H3,(H,56,57)/b24-20-,33-32+/t40-,41-,42+,43-,44-,45+,48?/m0/s1. The first-order valence-corrected chi connectivity index (χ1v) is 26.0. The van der Waals surface area contributed by atoms with Gasteiger partial charge in [-0.1, -0.05) is 167 Å². The van der Waals surface area contributed by atoms with Gasteiger partial charge in [0.05, 0.1) is 38.1 Å². The number of phosphoric acid groups is 1. The van der Waals surface area contributed by atoms with Gasteiger partial charge in [0.1, 0.15) is 12.7 Å². The molecule has 1 heterocycles. The Morgan fingerprint density at radius 1 is 0.730 bits per heavy atom. The second-order valence-electron chi connectivity index (χ2n) is 17.9. The topological polar surface area (TPSA) is 219 Å². The van der Waals surface area contributed by atoms with Crippen LogP contribution < -0.4 is 0 Å². The molecule has 63 heavy (non-hydrogen) atoms. The summed E-state index contributed by atoms with van der Waals surface area (Å²) in [6, 6.07) is 0. The molecule has 1 fully saturated rings. The normalized spacial score (nSPS) is 20.6. The highest BCUT2D eigenvalue weighted by molar-refractivity contribution is 7.47. The monoisotopic (exact) mass is 921 g/mol. The number of carbonyl (C=O) groups is 2. The number of hydrogen-bond acceptors (Lipinski definition) is 13. The van der Waals surface area contributed by atoms with E-state index in [1.807, 2.05) is 12.2 Å². The van der Waals surface area contributed by atoms with Gasteiger partial charge in [0, 0.05) is 25.2 Å². The van der Waals surface area contributed by atoms with Crippen LogP contribution in [0.1, 0.15) is 194 Å². The lowest BCUT2D eigenvalue weighted by molar-refractivity contribution is -0.199. The Balaban J connectivity index is 2.42. The molecule has 0 spiro atoms. The van der Waals surface area contributed by atoms with E-state index >= 15 is 0 Å². The molecule has 1 rings (SSSR count). The summed E-state index contributed by atoms with van der Waals surface area (Å²) in [5.74, 6) is -0.618. The maximum absolute atomic E-state index is 12.7. The fourth-order valence-electron chi connectivity index (χ4n) is 7.45. The molecule has 0 aromatic rings. The number of hydrogen-bond donors (Lipinski definition) is 6. The molecule has 370 valence electrons. The molecule has 0 bridgehead atoms. The molecule has 0 aliphatic carbocycles. The highest BCUT2D eigenvalue weighted by Gasteiger charge is 2.35. The lowest BCUT2D eigenvalue weighted by Crippen LogP contribution is -2.43. The summed E-state index contributed by atoms with van der Waals surface area (Å²) in [4.78, 5) is 35.3. The van der Waals surface area contributed by atoms with Crippen LogP contribution >= 0.6 is 7.82 Å². The van der Waals surface area contributed by atoms with E-state index in [1.165, 1.54) is 83.5 Å². The Labute approximate surface area is 380 Å². The minimum atomic E-state index is -4.69. The summed E-state index contributed by atoms with van der Waals surface area (Å²) in [6.45, 7) is 4.33. The van der Waals surface area contributed by atoms with Crippen molar-refractivity contribution < 1.29 is 67.8 Å². The average molecular weight is 921 g/mol. The number of aliphatic hydroxyl groups is 5. The van der Waals surface area contributed by atoms with Gasteiger partial charge in [0.15, 0.2) is 12.4 Å². The third-order valence-corrected chi connectivity index (χ3v) is 12.3. The quantitative estimate of drug-likeness (QED) is 0.0146. The van der Waals surface area contributed by atoms with Crippen molar-refractivity contribution in [2.45, 2.75) is 231 Å². The molecular weight excluding hydrogens is 831 g/mol. The Bertz CT molecular complexity index is 1230. The molecule has 0 aromatic heterocycles. The first kappa shape index (κ1) is 59.3. The Morgan fingerprint density at radius 2 is 1.29 bits per heavy atom. The van der Waals surface area contributed by atoms with Gasteiger partial charge in [-0.15, -0.1) is 0 Å². The van der Waals surface area contributed by atoms with Crippen molar-refractivity contribution in [2.24, 2.45) is 11.8 Å². The third-order valence-electron chi connectivity index (χ3n) is 11.3. The molecule has 0 amide bonds. The SMILES string of the molecule is CCCCC[C@H](O)/C=C/[C@H]1OC(O)C[C@H](O)[C@@H]1C/C=C\CCCC(=O)OC[C@H](COP(=O)(O)OC[C@@H](O)CO)OC(=O)CCCCCCCCCCCCCCCCCCC(C)C. The van der Waals surface area contributed by atoms with Crippen molar-refractivity contribution in [3.63, 3.8) is 0 Å². The summed E-state index contributed by atoms with van der Waals surface area (Å²) in [5.41, 5.74) is 0. The van der Waals surface area contributed by atoms with Crippen LogP contribution in [-0.2, 0) is 37.4 Å². The molecule has 6 N–H and O–H groups in total. The number of carbonyl (C=O) groups excluding carboxylic acids is 2. The molecule has 2 unspecified atom stereocenters. The van der Waals surface area contributed by atoms with E-state index in [9.17, 15) is 39.5 Å². The second-order valence-corrected chi connectivity index (χ2v) is 19.3. The molecule has 8 atom stereocenters. The van der Waals surface area contributed by atoms with Gasteiger partial charge >= 0.3 is 19.8 Å². The average Bonchev–Trinajstić information content (AvgIpc) is 3.24. The predicted octanol–water partition coefficient (Wildman–Crippen LogP) is 9.30. The van der Waals surface area contributed by atoms with Crippen molar-refractivity contribution in [1.29, 1.82) is 0 Å². The number of phosphoric ester groups is 1. The van der Waals surface area contributed by atoms with E-state index < -0.39 is 83.0 Å². The van der Waals surface area contributed by atoms with Crippen LogP contribution in [0.2, 0.25) is 0 Å². The largest absolute Gasteiger partial charge is 0.472 e. The molecule has 1 saturated heterocycles. The predicted molar refractivity (Wildman–Crippen MR) is 245 cm³/mol. The summed E-state index contributed by atoms with van der Waals surface area (Å²) in [5, 5.41) is 49.4. The first-order valence-electron chi connectivity index (χ1n) is 24.5. The summed E-state index contributed by atoms with van der Waals surface area (Å²) in [7, 11) is -4.69. The van der Waals surface area contributed by atoms with Crippen LogP contribution in [0.15, 0.2) is 24.3 Å². The molecule has 1 aliphatic heterocycles. The number of aliphatic hydroxyl groups excluding tert-OH is 5. The summed E-state index contributed by atoms with van der Waals surface area (Å²) in [6.07, 6.45) is 27.6. The lowest BCUT2D eigenvalue weighted by atomic mass is 9.87. The number of unbranched alkanes of at least 4 members (excludes halogenated alkanes) is 18. The van der Waals surface area contributed by atoms with E-state index in [0.717, 1.165) is 44.4 Å². The Morgan fingerprint density at radius 3 is 1.87 bits per heavy atom. The number of allylic oxidation sites excluding steroid dienone is 2. The first-order chi connectivity index (χ1) is 30.3. The number of esters is 2. The zero-order valence-corrected chi connectivity index (χ0v) is 40.1. The molecule has 15 heteroatoms. The van der Waals surface area contributed by atoms with Crippen molar-refractivity contribution in [3.8, 4) is 0 Å². The van der Waals surface area contributed by atoms with Crippen LogP contribution in [0.4, 0.5) is 0 Å². The fraction of sp³-hybridized carbons (Fsp3) is 0.875. The zero-order chi connectivity index (χ0) is 46.6. The van der Waals surface area contributed by atoms with Gasteiger partial charge < -0.3 is 44.6 Å². The van der Waals surface area contributed by atoms with E-state index in [1.54, 1.807) is 12.2 Å². The molecule has 0 saturated carbocycles. The third kappa shape index (κ3) is 34.3. The highest BCUT2D eigenvalue weighted by Crippen LogP contribution is 2.43. The highest BCUT2D eigenvalue weighted by atomic mass is 31.2. The minimum Gasteiger partial charge on any atom is -0.462 e. The maximum atomic E-state index is 12.7. The smallest absolute Gasteiger partial charge is 0.462 e. The molecule has 0 radical (unpaired) electrons. The van der Waals surface area contributed by atoms with E-state index in [4.69, 9.17) is 28.4 Å². The second kappa shape index (κ2) is 38.4. The Hall–Kier alpha value is -1.71. The number of ether oxygens (including phenoxy) is 3. The molecule has 0 aromatic carbocycles. The summed E-state index contributed by atoms with van der Waals surface area (Å²) < 4.78 is 38.5. The van der Waals surface area contributed by atoms with Crippen molar-refractivity contribution in [1.82, 2.24) is 0 Å². The van der Waals surface area contributed by atoms with Crippen LogP contribution in [0.5, 0.6) is 0 Å². The van der Waals surface area contributed by atoms with Gasteiger partial charge in [-0.3, -0.25) is 18.6 Å². The van der Waals surface area contributed by atoms with Gasteiger partial charge in [-0.25, -0.2) is 4.57 Å². The van der Waals surface area contributed by atoms with Gasteiger partial charge in [-0.05, 0) is 38.0 Å². The van der Waals surface area contributed by atoms with E-state index in [-0.39, 0.29) is 25.2 Å². The van der Waals surface area contributed by atoms with E-state index in [2.05, 4.69) is 20.8 Å². The van der Waals surface area contributed by atoms with Crippen molar-refractivity contribution >= 4 is 19.8 Å². The van der Waals surface area contributed by atoms with Gasteiger partial charge in [0.25, 0.3) is 0 Å². The van der Waals surface area contributed by atoms with Crippen LogP contribution in [0.25, 0.3) is 0 Å². The van der Waals surface area contributed by atoms with Crippen molar-refractivity contribution in [2.75, 3.05) is 26.4 Å². The fourth-order valence-corrected chi connectivity index (χ4v) is 8.24. The summed E-state index contributed by atoms with van der Waals surface area (Å²) >= 11 is 0. The zero-order valence-electron chi connectivity index (χ0n) is 39.2.